The maximum Gasteiger partial charge on any atom is 0.412 e. The van der Waals surface area contributed by atoms with Crippen LogP contribution in [0.15, 0.2) is 36.4 Å². The van der Waals surface area contributed by atoms with Gasteiger partial charge in [0.1, 0.15) is 17.1 Å². The molecular weight excluding hydrogens is 445 g/mol. The predicted molar refractivity (Wildman–Crippen MR) is 124 cm³/mol. The average Bonchev–Trinajstić information content (AvgIpc) is 3.21. The number of halogens is 1. The van der Waals surface area contributed by atoms with Crippen molar-refractivity contribution in [1.29, 1.82) is 0 Å². The largest absolute Gasteiger partial charge is 0.444 e. The monoisotopic (exact) mass is 473 g/mol. The van der Waals surface area contributed by atoms with Gasteiger partial charge in [0.15, 0.2) is 5.79 Å². The molecule has 2 heterocycles. The van der Waals surface area contributed by atoms with Crippen LogP contribution in [0, 0.1) is 15.9 Å². The summed E-state index contributed by atoms with van der Waals surface area (Å²) >= 11 is 0. The highest BCUT2D eigenvalue weighted by atomic mass is 19.1. The summed E-state index contributed by atoms with van der Waals surface area (Å²) in [5.41, 5.74) is 0.829. The van der Waals surface area contributed by atoms with Gasteiger partial charge in [-0.2, -0.15) is 0 Å². The molecule has 1 spiro atoms. The van der Waals surface area contributed by atoms with Crippen LogP contribution in [0.4, 0.5) is 26.2 Å². The number of piperidine rings is 1. The van der Waals surface area contributed by atoms with Crippen LogP contribution in [0.3, 0.4) is 0 Å². The minimum absolute atomic E-state index is 0.0220. The Morgan fingerprint density at radius 2 is 1.76 bits per heavy atom. The lowest BCUT2D eigenvalue weighted by Gasteiger charge is -2.39. The molecule has 34 heavy (non-hydrogen) atoms. The first kappa shape index (κ1) is 23.9. The van der Waals surface area contributed by atoms with Crippen molar-refractivity contribution in [2.24, 2.45) is 0 Å². The number of anilines is 2. The Balaban J connectivity index is 1.74. The van der Waals surface area contributed by atoms with Gasteiger partial charge in [-0.25, -0.2) is 9.18 Å². The minimum atomic E-state index is -0.790. The number of nitro benzene ring substituents is 1. The number of hydrogen-bond donors (Lipinski definition) is 1. The molecule has 0 aromatic heterocycles. The lowest BCUT2D eigenvalue weighted by molar-refractivity contribution is -0.383. The molecule has 2 fully saturated rings. The Kier molecular flexibility index (Phi) is 6.46. The minimum Gasteiger partial charge on any atom is -0.444 e. The third kappa shape index (κ3) is 5.28. The van der Waals surface area contributed by atoms with E-state index in [2.05, 4.69) is 10.2 Å². The third-order valence-electron chi connectivity index (χ3n) is 5.78. The zero-order valence-electron chi connectivity index (χ0n) is 19.4. The fraction of sp³-hybridized carbons (Fsp3) is 0.458. The molecule has 2 saturated heterocycles. The molecule has 0 aliphatic carbocycles. The summed E-state index contributed by atoms with van der Waals surface area (Å²) in [5, 5.41) is 14.4. The summed E-state index contributed by atoms with van der Waals surface area (Å²) in [6.07, 6.45) is 0.463. The van der Waals surface area contributed by atoms with Gasteiger partial charge in [0.25, 0.3) is 5.69 Å². The second kappa shape index (κ2) is 9.19. The van der Waals surface area contributed by atoms with E-state index in [1.54, 1.807) is 39.0 Å². The van der Waals surface area contributed by atoms with Crippen molar-refractivity contribution in [3.8, 4) is 11.1 Å². The fourth-order valence-electron chi connectivity index (χ4n) is 4.24. The first-order chi connectivity index (χ1) is 16.1. The molecule has 2 aromatic carbocycles. The highest BCUT2D eigenvalue weighted by Gasteiger charge is 2.40. The fourth-order valence-corrected chi connectivity index (χ4v) is 4.24. The SMILES string of the molecule is CC(C)(C)OC(=O)Nc1cc(N2CCC3(CC2)OCCO3)c(-c2ccc(F)cc2)cc1[N+](=O)[O-]. The third-order valence-corrected chi connectivity index (χ3v) is 5.78. The molecule has 1 amide bonds. The maximum atomic E-state index is 13.6. The van der Waals surface area contributed by atoms with Gasteiger partial charge in [0, 0.05) is 43.2 Å². The molecule has 0 bridgehead atoms. The van der Waals surface area contributed by atoms with Gasteiger partial charge in [-0.15, -0.1) is 0 Å². The van der Waals surface area contributed by atoms with Crippen LogP contribution in [-0.4, -0.2) is 48.7 Å². The second-order valence-corrected chi connectivity index (χ2v) is 9.37. The molecule has 0 atom stereocenters. The van der Waals surface area contributed by atoms with Gasteiger partial charge < -0.3 is 19.1 Å². The van der Waals surface area contributed by atoms with Crippen LogP contribution in [0.5, 0.6) is 0 Å². The van der Waals surface area contributed by atoms with Crippen LogP contribution < -0.4 is 10.2 Å². The Morgan fingerprint density at radius 1 is 1.15 bits per heavy atom. The Labute approximate surface area is 196 Å². The number of carbonyl (C=O) groups is 1. The number of carbonyl (C=O) groups excluding carboxylic acids is 1. The van der Waals surface area contributed by atoms with Crippen LogP contribution in [0.2, 0.25) is 0 Å². The van der Waals surface area contributed by atoms with Gasteiger partial charge in [-0.1, -0.05) is 12.1 Å². The number of ether oxygens (including phenoxy) is 3. The molecule has 9 nitrogen and oxygen atoms in total. The van der Waals surface area contributed by atoms with E-state index < -0.39 is 28.2 Å². The normalized spacial score (nSPS) is 17.6. The number of nitrogens with zero attached hydrogens (tertiary/aromatic N) is 2. The number of nitrogens with one attached hydrogen (secondary N) is 1. The summed E-state index contributed by atoms with van der Waals surface area (Å²) in [6.45, 7) is 7.41. The first-order valence-electron chi connectivity index (χ1n) is 11.2. The smallest absolute Gasteiger partial charge is 0.412 e. The van der Waals surface area contributed by atoms with Crippen molar-refractivity contribution in [3.63, 3.8) is 0 Å². The standard InChI is InChI=1S/C24H28FN3O6/c1-23(2,3)34-22(29)26-19-15-20(27-10-8-24(9-11-27)32-12-13-33-24)18(14-21(19)28(30)31)16-4-6-17(25)7-5-16/h4-7,14-15H,8-13H2,1-3H3,(H,26,29). The van der Waals surface area contributed by atoms with Crippen LogP contribution in [0.25, 0.3) is 11.1 Å². The topological polar surface area (TPSA) is 103 Å². The van der Waals surface area contributed by atoms with Gasteiger partial charge in [-0.05, 0) is 44.5 Å². The zero-order chi connectivity index (χ0) is 24.5. The second-order valence-electron chi connectivity index (χ2n) is 9.37. The summed E-state index contributed by atoms with van der Waals surface area (Å²) < 4.78 is 30.5. The first-order valence-corrected chi connectivity index (χ1v) is 11.2. The maximum absolute atomic E-state index is 13.6. The number of amides is 1. The van der Waals surface area contributed by atoms with Crippen LogP contribution in [0.1, 0.15) is 33.6 Å². The van der Waals surface area contributed by atoms with E-state index in [-0.39, 0.29) is 11.4 Å². The van der Waals surface area contributed by atoms with Gasteiger partial charge in [0.2, 0.25) is 0 Å². The molecular formula is C24H28FN3O6. The molecule has 182 valence electrons. The van der Waals surface area contributed by atoms with Crippen molar-refractivity contribution in [2.75, 3.05) is 36.5 Å². The molecule has 0 saturated carbocycles. The van der Waals surface area contributed by atoms with E-state index in [0.717, 1.165) is 0 Å². The summed E-state index contributed by atoms with van der Waals surface area (Å²) in [4.78, 5) is 25.8. The van der Waals surface area contributed by atoms with E-state index in [9.17, 15) is 19.3 Å². The average molecular weight is 474 g/mol. The van der Waals surface area contributed by atoms with Crippen LogP contribution >= 0.6 is 0 Å². The van der Waals surface area contributed by atoms with Crippen LogP contribution in [-0.2, 0) is 14.2 Å². The van der Waals surface area contributed by atoms with E-state index in [1.807, 2.05) is 0 Å². The highest BCUT2D eigenvalue weighted by molar-refractivity contribution is 5.93. The lowest BCUT2D eigenvalue weighted by Crippen LogP contribution is -2.45. The number of benzene rings is 2. The van der Waals surface area contributed by atoms with E-state index >= 15 is 0 Å². The Bertz CT molecular complexity index is 1070. The highest BCUT2D eigenvalue weighted by Crippen LogP contribution is 2.42. The predicted octanol–water partition coefficient (Wildman–Crippen LogP) is 5.09. The molecule has 2 aliphatic heterocycles. The van der Waals surface area contributed by atoms with Gasteiger partial charge in [-0.3, -0.25) is 15.4 Å². The van der Waals surface area contributed by atoms with E-state index in [0.29, 0.717) is 56.0 Å². The van der Waals surface area contributed by atoms with Gasteiger partial charge >= 0.3 is 6.09 Å². The van der Waals surface area contributed by atoms with Gasteiger partial charge in [0.05, 0.1) is 18.1 Å². The molecule has 2 aliphatic rings. The summed E-state index contributed by atoms with van der Waals surface area (Å²) in [7, 11) is 0. The number of nitro groups is 1. The zero-order valence-corrected chi connectivity index (χ0v) is 19.4. The van der Waals surface area contributed by atoms with Crippen molar-refractivity contribution in [1.82, 2.24) is 0 Å². The quantitative estimate of drug-likeness (QED) is 0.487. The molecule has 4 rings (SSSR count). The molecule has 0 radical (unpaired) electrons. The molecule has 0 unspecified atom stereocenters. The van der Waals surface area contributed by atoms with Crippen molar-refractivity contribution >= 4 is 23.2 Å². The molecule has 2 aromatic rings. The summed E-state index contributed by atoms with van der Waals surface area (Å²) in [6, 6.07) is 8.75. The Hall–Kier alpha value is -3.24. The molecule has 10 heteroatoms. The molecule has 1 N–H and O–H groups in total. The number of rotatable bonds is 4. The van der Waals surface area contributed by atoms with E-state index in [4.69, 9.17) is 14.2 Å². The van der Waals surface area contributed by atoms with E-state index in [1.165, 1.54) is 18.2 Å². The van der Waals surface area contributed by atoms with Crippen molar-refractivity contribution in [3.05, 3.63) is 52.3 Å². The Morgan fingerprint density at radius 3 is 2.32 bits per heavy atom. The summed E-state index contributed by atoms with van der Waals surface area (Å²) in [5.74, 6) is -0.997. The van der Waals surface area contributed by atoms with Crippen molar-refractivity contribution in [2.45, 2.75) is 45.0 Å². The van der Waals surface area contributed by atoms with Crippen molar-refractivity contribution < 1.29 is 28.3 Å². The number of hydrogen-bond acceptors (Lipinski definition) is 7. The lowest BCUT2D eigenvalue weighted by atomic mass is 9.97.